The summed E-state index contributed by atoms with van der Waals surface area (Å²) in [4.78, 5) is 22.6. The maximum atomic E-state index is 12.6. The van der Waals surface area contributed by atoms with Crippen LogP contribution in [0.2, 0.25) is 0 Å². The van der Waals surface area contributed by atoms with Crippen molar-refractivity contribution < 1.29 is 22.8 Å². The Morgan fingerprint density at radius 1 is 1.30 bits per heavy atom. The van der Waals surface area contributed by atoms with Gasteiger partial charge in [-0.05, 0) is 31.5 Å². The van der Waals surface area contributed by atoms with Gasteiger partial charge in [0, 0.05) is 5.69 Å². The minimum absolute atomic E-state index is 0.0349. The highest BCUT2D eigenvalue weighted by molar-refractivity contribution is 6.31. The molecule has 1 atom stereocenters. The topological polar surface area (TPSA) is 58.2 Å². The first-order chi connectivity index (χ1) is 9.11. The van der Waals surface area contributed by atoms with Gasteiger partial charge in [0.2, 0.25) is 5.91 Å². The van der Waals surface area contributed by atoms with Crippen LogP contribution >= 0.6 is 11.6 Å². The molecule has 3 amide bonds. The third kappa shape index (κ3) is 4.41. The van der Waals surface area contributed by atoms with Gasteiger partial charge < -0.3 is 5.32 Å². The van der Waals surface area contributed by atoms with Crippen LogP contribution in [0.5, 0.6) is 0 Å². The fraction of sp³-hybridized carbons (Fsp3) is 0.333. The van der Waals surface area contributed by atoms with Crippen LogP contribution in [0.25, 0.3) is 0 Å². The van der Waals surface area contributed by atoms with Crippen LogP contribution in [0.4, 0.5) is 23.7 Å². The number of amides is 3. The van der Waals surface area contributed by atoms with Gasteiger partial charge in [0.05, 0.1) is 5.56 Å². The number of halogens is 4. The second-order valence-corrected chi connectivity index (χ2v) is 4.74. The van der Waals surface area contributed by atoms with Gasteiger partial charge >= 0.3 is 12.2 Å². The second-order valence-electron chi connectivity index (χ2n) is 4.09. The van der Waals surface area contributed by atoms with E-state index in [4.69, 9.17) is 11.6 Å². The number of urea groups is 1. The lowest BCUT2D eigenvalue weighted by Crippen LogP contribution is -2.38. The molecule has 1 rings (SSSR count). The number of hydrogen-bond acceptors (Lipinski definition) is 2. The third-order valence-electron chi connectivity index (χ3n) is 2.41. The number of rotatable bonds is 2. The van der Waals surface area contributed by atoms with Crippen molar-refractivity contribution in [1.29, 1.82) is 0 Å². The smallest absolute Gasteiger partial charge is 0.307 e. The van der Waals surface area contributed by atoms with E-state index >= 15 is 0 Å². The number of nitrogens with one attached hydrogen (secondary N) is 2. The van der Waals surface area contributed by atoms with Gasteiger partial charge in [0.1, 0.15) is 5.38 Å². The molecule has 0 spiro atoms. The van der Waals surface area contributed by atoms with Crippen LogP contribution in [-0.4, -0.2) is 17.3 Å². The molecule has 0 radical (unpaired) electrons. The highest BCUT2D eigenvalue weighted by Crippen LogP contribution is 2.31. The van der Waals surface area contributed by atoms with Crippen molar-refractivity contribution in [2.75, 3.05) is 5.32 Å². The molecule has 0 fully saturated rings. The van der Waals surface area contributed by atoms with Gasteiger partial charge in [-0.15, -0.1) is 11.6 Å². The lowest BCUT2D eigenvalue weighted by molar-refractivity contribution is -0.137. The predicted octanol–water partition coefficient (Wildman–Crippen LogP) is 3.29. The summed E-state index contributed by atoms with van der Waals surface area (Å²) < 4.78 is 37.7. The zero-order valence-electron chi connectivity index (χ0n) is 10.6. The quantitative estimate of drug-likeness (QED) is 0.824. The summed E-state index contributed by atoms with van der Waals surface area (Å²) in [5.41, 5.74) is -0.498. The molecular formula is C12H12ClF3N2O2. The average molecular weight is 309 g/mol. The van der Waals surface area contributed by atoms with Gasteiger partial charge in [-0.25, -0.2) is 4.79 Å². The normalized spacial score (nSPS) is 12.7. The summed E-state index contributed by atoms with van der Waals surface area (Å²) in [5.74, 6) is -0.742. The Labute approximate surface area is 118 Å². The molecule has 1 unspecified atom stereocenters. The van der Waals surface area contributed by atoms with Crippen molar-refractivity contribution in [3.63, 3.8) is 0 Å². The molecule has 0 bridgehead atoms. The molecule has 8 heteroatoms. The minimum Gasteiger partial charge on any atom is -0.307 e. The fourth-order valence-electron chi connectivity index (χ4n) is 1.30. The van der Waals surface area contributed by atoms with E-state index in [9.17, 15) is 22.8 Å². The second kappa shape index (κ2) is 6.13. The zero-order valence-corrected chi connectivity index (χ0v) is 11.4. The van der Waals surface area contributed by atoms with Crippen LogP contribution in [0, 0.1) is 6.92 Å². The zero-order chi connectivity index (χ0) is 15.5. The van der Waals surface area contributed by atoms with Crippen LogP contribution in [0.3, 0.4) is 0 Å². The van der Waals surface area contributed by atoms with E-state index in [1.807, 2.05) is 5.32 Å². The average Bonchev–Trinajstić information content (AvgIpc) is 2.30. The lowest BCUT2D eigenvalue weighted by Gasteiger charge is -2.13. The van der Waals surface area contributed by atoms with Gasteiger partial charge in [-0.1, -0.05) is 6.07 Å². The summed E-state index contributed by atoms with van der Waals surface area (Å²) >= 11 is 5.45. The Hall–Kier alpha value is -1.76. The summed E-state index contributed by atoms with van der Waals surface area (Å²) in [5, 5.41) is 3.16. The molecule has 1 aromatic carbocycles. The molecule has 2 N–H and O–H groups in total. The standard InChI is InChI=1S/C12H12ClF3N2O2/c1-6-3-4-8(12(14,15)16)5-9(6)17-11(20)18-10(19)7(2)13/h3-5,7H,1-2H3,(H2,17,18,19,20). The number of aryl methyl sites for hydroxylation is 1. The van der Waals surface area contributed by atoms with E-state index in [0.717, 1.165) is 12.1 Å². The van der Waals surface area contributed by atoms with Crippen molar-refractivity contribution in [2.45, 2.75) is 25.4 Å². The van der Waals surface area contributed by atoms with Gasteiger partial charge in [0.15, 0.2) is 0 Å². The highest BCUT2D eigenvalue weighted by atomic mass is 35.5. The molecular weight excluding hydrogens is 297 g/mol. The number of carbonyl (C=O) groups is 2. The number of anilines is 1. The van der Waals surface area contributed by atoms with Crippen molar-refractivity contribution in [1.82, 2.24) is 5.32 Å². The minimum atomic E-state index is -4.51. The molecule has 0 aliphatic rings. The predicted molar refractivity (Wildman–Crippen MR) is 68.7 cm³/mol. The number of hydrogen-bond donors (Lipinski definition) is 2. The first-order valence-corrected chi connectivity index (χ1v) is 5.98. The van der Waals surface area contributed by atoms with Crippen LogP contribution < -0.4 is 10.6 Å². The molecule has 1 aromatic rings. The van der Waals surface area contributed by atoms with Gasteiger partial charge in [-0.2, -0.15) is 13.2 Å². The third-order valence-corrected chi connectivity index (χ3v) is 2.61. The molecule has 20 heavy (non-hydrogen) atoms. The molecule has 0 aliphatic heterocycles. The Kier molecular flexibility index (Phi) is 4.99. The first-order valence-electron chi connectivity index (χ1n) is 5.55. The number of benzene rings is 1. The fourth-order valence-corrected chi connectivity index (χ4v) is 1.35. The monoisotopic (exact) mass is 308 g/mol. The van der Waals surface area contributed by atoms with Crippen molar-refractivity contribution >= 4 is 29.2 Å². The van der Waals surface area contributed by atoms with Crippen LogP contribution in [-0.2, 0) is 11.0 Å². The largest absolute Gasteiger partial charge is 0.416 e. The molecule has 0 saturated heterocycles. The molecule has 110 valence electrons. The van der Waals surface area contributed by atoms with Gasteiger partial charge in [0.25, 0.3) is 0 Å². The van der Waals surface area contributed by atoms with Crippen LogP contribution in [0.15, 0.2) is 18.2 Å². The summed E-state index contributed by atoms with van der Waals surface area (Å²) in [6.07, 6.45) is -4.51. The number of imide groups is 1. The SMILES string of the molecule is Cc1ccc(C(F)(F)F)cc1NC(=O)NC(=O)C(C)Cl. The van der Waals surface area contributed by atoms with E-state index in [1.165, 1.54) is 19.9 Å². The van der Waals surface area contributed by atoms with Gasteiger partial charge in [-0.3, -0.25) is 10.1 Å². The van der Waals surface area contributed by atoms with Crippen molar-refractivity contribution in [3.8, 4) is 0 Å². The maximum absolute atomic E-state index is 12.6. The molecule has 0 heterocycles. The van der Waals surface area contributed by atoms with Crippen LogP contribution in [0.1, 0.15) is 18.1 Å². The Morgan fingerprint density at radius 2 is 1.90 bits per heavy atom. The van der Waals surface area contributed by atoms with E-state index < -0.39 is 29.1 Å². The van der Waals surface area contributed by atoms with E-state index in [-0.39, 0.29) is 5.69 Å². The molecule has 4 nitrogen and oxygen atoms in total. The van der Waals surface area contributed by atoms with Crippen molar-refractivity contribution in [2.24, 2.45) is 0 Å². The Morgan fingerprint density at radius 3 is 2.40 bits per heavy atom. The summed E-state index contributed by atoms with van der Waals surface area (Å²) in [6, 6.07) is 1.99. The number of alkyl halides is 4. The molecule has 0 saturated carbocycles. The summed E-state index contributed by atoms with van der Waals surface area (Å²) in [6.45, 7) is 2.89. The molecule has 0 aliphatic carbocycles. The van der Waals surface area contributed by atoms with E-state index in [1.54, 1.807) is 0 Å². The first kappa shape index (κ1) is 16.3. The summed E-state index contributed by atoms with van der Waals surface area (Å²) in [7, 11) is 0. The molecule has 0 aromatic heterocycles. The highest BCUT2D eigenvalue weighted by Gasteiger charge is 2.31. The van der Waals surface area contributed by atoms with E-state index in [2.05, 4.69) is 5.32 Å². The lowest BCUT2D eigenvalue weighted by atomic mass is 10.1. The Bertz CT molecular complexity index is 530. The number of carbonyl (C=O) groups excluding carboxylic acids is 2. The van der Waals surface area contributed by atoms with E-state index in [0.29, 0.717) is 5.56 Å². The maximum Gasteiger partial charge on any atom is 0.416 e. The van der Waals surface area contributed by atoms with Crippen molar-refractivity contribution in [3.05, 3.63) is 29.3 Å². The Balaban J connectivity index is 2.87.